The largest absolute Gasteiger partial charge is 0.286 e. The molecule has 3 nitrogen and oxygen atoms in total. The van der Waals surface area contributed by atoms with Crippen LogP contribution >= 0.6 is 11.6 Å². The molecule has 78 valence electrons. The quantitative estimate of drug-likeness (QED) is 0.645. The van der Waals surface area contributed by atoms with Crippen molar-refractivity contribution in [3.63, 3.8) is 0 Å². The minimum Gasteiger partial charge on any atom is -0.286 e. The molecule has 0 spiro atoms. The molecule has 1 aromatic carbocycles. The number of halogens is 2. The fourth-order valence-electron chi connectivity index (χ4n) is 1.37. The van der Waals surface area contributed by atoms with Crippen LogP contribution in [0.4, 0.5) is 4.39 Å². The first-order valence-corrected chi connectivity index (χ1v) is 4.71. The molecule has 0 amide bonds. The van der Waals surface area contributed by atoms with Crippen molar-refractivity contribution in [3.8, 4) is 0 Å². The van der Waals surface area contributed by atoms with Gasteiger partial charge in [-0.25, -0.2) is 9.37 Å². The molecule has 0 unspecified atom stereocenters. The van der Waals surface area contributed by atoms with Crippen LogP contribution in [-0.4, -0.2) is 9.55 Å². The summed E-state index contributed by atoms with van der Waals surface area (Å²) in [6, 6.07) is 2.70. The molecule has 0 saturated carbocycles. The van der Waals surface area contributed by atoms with Gasteiger partial charge in [-0.15, -0.1) is 0 Å². The molecule has 2 aromatic rings. The molecule has 0 saturated heterocycles. The average Bonchev–Trinajstić information content (AvgIpc) is 2.19. The number of benzene rings is 1. The first kappa shape index (κ1) is 10.1. The van der Waals surface area contributed by atoms with Gasteiger partial charge in [-0.1, -0.05) is 0 Å². The molecule has 15 heavy (non-hydrogen) atoms. The number of aryl methyl sites for hydroxylation is 1. The monoisotopic (exact) mass is 226 g/mol. The van der Waals surface area contributed by atoms with Crippen LogP contribution in [0.15, 0.2) is 16.9 Å². The zero-order chi connectivity index (χ0) is 11.2. The van der Waals surface area contributed by atoms with Crippen molar-refractivity contribution < 1.29 is 4.39 Å². The van der Waals surface area contributed by atoms with Crippen molar-refractivity contribution in [2.45, 2.75) is 6.92 Å². The van der Waals surface area contributed by atoms with E-state index in [2.05, 4.69) is 4.98 Å². The van der Waals surface area contributed by atoms with Gasteiger partial charge in [0.15, 0.2) is 0 Å². The SMILES string of the molecule is Cc1cc2c(=O)n(C)c(Cl)nc2cc1F. The summed E-state index contributed by atoms with van der Waals surface area (Å²) in [5, 5.41) is 0.427. The van der Waals surface area contributed by atoms with Gasteiger partial charge in [-0.05, 0) is 30.2 Å². The Hall–Kier alpha value is -1.42. The first-order chi connectivity index (χ1) is 7.00. The lowest BCUT2D eigenvalue weighted by atomic mass is 10.1. The average molecular weight is 227 g/mol. The molecule has 5 heteroatoms. The van der Waals surface area contributed by atoms with Crippen molar-refractivity contribution in [1.82, 2.24) is 9.55 Å². The molecular weight excluding hydrogens is 219 g/mol. The maximum absolute atomic E-state index is 13.2. The molecule has 2 rings (SSSR count). The molecule has 0 aliphatic carbocycles. The topological polar surface area (TPSA) is 34.9 Å². The Kier molecular flexibility index (Phi) is 2.23. The van der Waals surface area contributed by atoms with E-state index in [1.807, 2.05) is 0 Å². The Morgan fingerprint density at radius 3 is 2.80 bits per heavy atom. The molecule has 0 atom stereocenters. The van der Waals surface area contributed by atoms with Crippen molar-refractivity contribution in [2.75, 3.05) is 0 Å². The van der Waals surface area contributed by atoms with Crippen LogP contribution in [0.2, 0.25) is 5.28 Å². The van der Waals surface area contributed by atoms with Gasteiger partial charge in [0, 0.05) is 13.1 Å². The summed E-state index contributed by atoms with van der Waals surface area (Å²) in [6.45, 7) is 1.60. The van der Waals surface area contributed by atoms with E-state index in [9.17, 15) is 9.18 Å². The normalized spacial score (nSPS) is 10.9. The van der Waals surface area contributed by atoms with Crippen LogP contribution < -0.4 is 5.56 Å². The Morgan fingerprint density at radius 1 is 1.47 bits per heavy atom. The van der Waals surface area contributed by atoms with Gasteiger partial charge in [-0.3, -0.25) is 9.36 Å². The highest BCUT2D eigenvalue weighted by molar-refractivity contribution is 6.28. The lowest BCUT2D eigenvalue weighted by Gasteiger charge is -2.04. The Labute approximate surface area is 90.1 Å². The van der Waals surface area contributed by atoms with Gasteiger partial charge < -0.3 is 0 Å². The zero-order valence-electron chi connectivity index (χ0n) is 8.21. The number of hydrogen-bond donors (Lipinski definition) is 0. The Morgan fingerprint density at radius 2 is 2.13 bits per heavy atom. The summed E-state index contributed by atoms with van der Waals surface area (Å²) in [5.74, 6) is -0.390. The highest BCUT2D eigenvalue weighted by atomic mass is 35.5. The maximum atomic E-state index is 13.2. The van der Waals surface area contributed by atoms with Crippen LogP contribution in [0.5, 0.6) is 0 Å². The minimum absolute atomic E-state index is 0.0516. The fraction of sp³-hybridized carbons (Fsp3) is 0.200. The van der Waals surface area contributed by atoms with Crippen LogP contribution in [0, 0.1) is 12.7 Å². The third-order valence-electron chi connectivity index (χ3n) is 2.30. The van der Waals surface area contributed by atoms with Crippen molar-refractivity contribution >= 4 is 22.5 Å². The summed E-state index contributed by atoms with van der Waals surface area (Å²) in [6.07, 6.45) is 0. The molecular formula is C10H8ClFN2O. The lowest BCUT2D eigenvalue weighted by molar-refractivity contribution is 0.620. The summed E-state index contributed by atoms with van der Waals surface area (Å²) in [4.78, 5) is 15.7. The number of aromatic nitrogens is 2. The van der Waals surface area contributed by atoms with Gasteiger partial charge in [0.1, 0.15) is 5.82 Å². The second-order valence-electron chi connectivity index (χ2n) is 3.36. The first-order valence-electron chi connectivity index (χ1n) is 4.33. The second kappa shape index (κ2) is 3.31. The fourth-order valence-corrected chi connectivity index (χ4v) is 1.54. The van der Waals surface area contributed by atoms with Crippen molar-refractivity contribution in [3.05, 3.63) is 39.2 Å². The Balaban J connectivity index is 3.00. The van der Waals surface area contributed by atoms with E-state index in [1.54, 1.807) is 6.92 Å². The van der Waals surface area contributed by atoms with E-state index in [0.717, 1.165) is 0 Å². The molecule has 0 N–H and O–H groups in total. The van der Waals surface area contributed by atoms with E-state index in [1.165, 1.54) is 23.7 Å². The molecule has 0 aliphatic heterocycles. The molecule has 1 aromatic heterocycles. The van der Waals surface area contributed by atoms with E-state index >= 15 is 0 Å². The van der Waals surface area contributed by atoms with Gasteiger partial charge in [0.05, 0.1) is 10.9 Å². The zero-order valence-corrected chi connectivity index (χ0v) is 8.97. The summed E-state index contributed by atoms with van der Waals surface area (Å²) in [7, 11) is 1.52. The molecule has 0 bridgehead atoms. The molecule has 1 heterocycles. The number of hydrogen-bond acceptors (Lipinski definition) is 2. The van der Waals surface area contributed by atoms with E-state index in [-0.39, 0.29) is 22.2 Å². The number of nitrogens with zero attached hydrogens (tertiary/aromatic N) is 2. The smallest absolute Gasteiger partial charge is 0.262 e. The highest BCUT2D eigenvalue weighted by Gasteiger charge is 2.08. The summed E-state index contributed by atoms with van der Waals surface area (Å²) < 4.78 is 14.4. The van der Waals surface area contributed by atoms with Gasteiger partial charge >= 0.3 is 0 Å². The van der Waals surface area contributed by atoms with Gasteiger partial charge in [0.25, 0.3) is 5.56 Å². The maximum Gasteiger partial charge on any atom is 0.262 e. The van der Waals surface area contributed by atoms with Crippen molar-refractivity contribution in [2.24, 2.45) is 7.05 Å². The third kappa shape index (κ3) is 1.51. The molecule has 0 aliphatic rings. The third-order valence-corrected chi connectivity index (χ3v) is 2.64. The lowest BCUT2D eigenvalue weighted by Crippen LogP contribution is -2.18. The van der Waals surface area contributed by atoms with Crippen LogP contribution in [0.25, 0.3) is 10.9 Å². The predicted molar refractivity (Wildman–Crippen MR) is 56.7 cm³/mol. The van der Waals surface area contributed by atoms with Crippen molar-refractivity contribution in [1.29, 1.82) is 0 Å². The van der Waals surface area contributed by atoms with Gasteiger partial charge in [-0.2, -0.15) is 0 Å². The van der Waals surface area contributed by atoms with E-state index in [0.29, 0.717) is 10.9 Å². The Bertz CT molecular complexity index is 601. The molecule has 0 fully saturated rings. The van der Waals surface area contributed by atoms with Crippen LogP contribution in [-0.2, 0) is 7.05 Å². The van der Waals surface area contributed by atoms with Gasteiger partial charge in [0.2, 0.25) is 5.28 Å². The van der Waals surface area contributed by atoms with E-state index in [4.69, 9.17) is 11.6 Å². The summed E-state index contributed by atoms with van der Waals surface area (Å²) >= 11 is 5.71. The number of rotatable bonds is 0. The van der Waals surface area contributed by atoms with Crippen LogP contribution in [0.1, 0.15) is 5.56 Å². The summed E-state index contributed by atoms with van der Waals surface area (Å²) in [5.41, 5.74) is 0.433. The molecule has 0 radical (unpaired) electrons. The van der Waals surface area contributed by atoms with Crippen LogP contribution in [0.3, 0.4) is 0 Å². The second-order valence-corrected chi connectivity index (χ2v) is 3.70. The number of fused-ring (bicyclic) bond motifs is 1. The standard InChI is InChI=1S/C10H8ClFN2O/c1-5-3-6-8(4-7(5)12)13-10(11)14(2)9(6)15/h3-4H,1-2H3. The minimum atomic E-state index is -0.390. The highest BCUT2D eigenvalue weighted by Crippen LogP contribution is 2.15. The van der Waals surface area contributed by atoms with E-state index < -0.39 is 0 Å². The predicted octanol–water partition coefficient (Wildman–Crippen LogP) is 2.03.